The highest BCUT2D eigenvalue weighted by Crippen LogP contribution is 2.14. The van der Waals surface area contributed by atoms with Crippen molar-refractivity contribution in [1.82, 2.24) is 10.6 Å². The molecule has 0 bridgehead atoms. The lowest BCUT2D eigenvalue weighted by atomic mass is 10.2. The molecule has 0 unspecified atom stereocenters. The summed E-state index contributed by atoms with van der Waals surface area (Å²) in [6, 6.07) is 3.93. The van der Waals surface area contributed by atoms with E-state index in [-0.39, 0.29) is 5.56 Å². The second-order valence-corrected chi connectivity index (χ2v) is 4.07. The summed E-state index contributed by atoms with van der Waals surface area (Å²) in [6.45, 7) is 4.10. The number of nitrogens with one attached hydrogen (secondary N) is 2. The van der Waals surface area contributed by atoms with Gasteiger partial charge in [0, 0.05) is 18.1 Å². The second-order valence-electron chi connectivity index (χ2n) is 3.63. The fourth-order valence-corrected chi connectivity index (χ4v) is 1.51. The minimum Gasteiger partial charge on any atom is -0.351 e. The van der Waals surface area contributed by atoms with Gasteiger partial charge in [0.05, 0.1) is 5.56 Å². The predicted molar refractivity (Wildman–Crippen MR) is 66.9 cm³/mol. The first-order valence-electron chi connectivity index (χ1n) is 5.59. The molecule has 0 fully saturated rings. The number of halogens is 2. The van der Waals surface area contributed by atoms with Crippen LogP contribution in [0.25, 0.3) is 0 Å². The molecule has 0 heterocycles. The number of hydrogen-bond donors (Lipinski definition) is 2. The van der Waals surface area contributed by atoms with Crippen LogP contribution in [0.15, 0.2) is 18.2 Å². The molecule has 0 saturated carbocycles. The quantitative estimate of drug-likeness (QED) is 0.768. The van der Waals surface area contributed by atoms with Gasteiger partial charge < -0.3 is 10.6 Å². The van der Waals surface area contributed by atoms with Gasteiger partial charge in [0.2, 0.25) is 0 Å². The Balaban J connectivity index is 2.44. The summed E-state index contributed by atoms with van der Waals surface area (Å²) in [5.41, 5.74) is -0.0204. The molecule has 1 amide bonds. The third-order valence-electron chi connectivity index (χ3n) is 2.19. The fraction of sp³-hybridized carbons (Fsp3) is 0.417. The molecule has 0 aromatic heterocycles. The zero-order valence-electron chi connectivity index (χ0n) is 9.72. The van der Waals surface area contributed by atoms with Gasteiger partial charge in [-0.1, -0.05) is 18.5 Å². The van der Waals surface area contributed by atoms with E-state index >= 15 is 0 Å². The normalized spacial score (nSPS) is 10.3. The Labute approximate surface area is 105 Å². The van der Waals surface area contributed by atoms with E-state index in [1.165, 1.54) is 18.2 Å². The van der Waals surface area contributed by atoms with E-state index in [2.05, 4.69) is 17.6 Å². The van der Waals surface area contributed by atoms with Gasteiger partial charge in [0.25, 0.3) is 5.91 Å². The minimum atomic E-state index is -0.562. The molecule has 17 heavy (non-hydrogen) atoms. The summed E-state index contributed by atoms with van der Waals surface area (Å²) < 4.78 is 13.3. The molecule has 0 aliphatic rings. The van der Waals surface area contributed by atoms with Crippen molar-refractivity contribution in [2.75, 3.05) is 19.6 Å². The highest BCUT2D eigenvalue weighted by molar-refractivity contribution is 6.30. The Morgan fingerprint density at radius 1 is 1.35 bits per heavy atom. The summed E-state index contributed by atoms with van der Waals surface area (Å²) in [4.78, 5) is 11.6. The summed E-state index contributed by atoms with van der Waals surface area (Å²) in [6.07, 6.45) is 1.04. The maximum Gasteiger partial charge on any atom is 0.254 e. The van der Waals surface area contributed by atoms with E-state index in [1.54, 1.807) is 0 Å². The molecule has 1 aromatic carbocycles. The van der Waals surface area contributed by atoms with Crippen molar-refractivity contribution >= 4 is 17.5 Å². The van der Waals surface area contributed by atoms with Crippen LogP contribution in [0.1, 0.15) is 23.7 Å². The molecule has 0 aliphatic heterocycles. The fourth-order valence-electron chi connectivity index (χ4n) is 1.33. The number of hydrogen-bond acceptors (Lipinski definition) is 2. The van der Waals surface area contributed by atoms with Gasteiger partial charge in [-0.15, -0.1) is 0 Å². The van der Waals surface area contributed by atoms with Crippen LogP contribution in [0.4, 0.5) is 4.39 Å². The third-order valence-corrected chi connectivity index (χ3v) is 2.42. The zero-order valence-corrected chi connectivity index (χ0v) is 10.5. The third kappa shape index (κ3) is 4.71. The van der Waals surface area contributed by atoms with E-state index in [9.17, 15) is 9.18 Å². The van der Waals surface area contributed by atoms with Gasteiger partial charge in [0.1, 0.15) is 5.82 Å². The number of amides is 1. The molecule has 0 atom stereocenters. The van der Waals surface area contributed by atoms with Gasteiger partial charge in [-0.25, -0.2) is 4.39 Å². The lowest BCUT2D eigenvalue weighted by Crippen LogP contribution is -2.32. The van der Waals surface area contributed by atoms with Crippen LogP contribution in [0.5, 0.6) is 0 Å². The standard InChI is InChI=1S/C12H16ClFN2O/c1-2-5-15-6-7-16-12(17)10-8-9(13)3-4-11(10)14/h3-4,8,15H,2,5-7H2,1H3,(H,16,17). The van der Waals surface area contributed by atoms with Crippen molar-refractivity contribution in [3.63, 3.8) is 0 Å². The average molecular weight is 259 g/mol. The van der Waals surface area contributed by atoms with Crippen molar-refractivity contribution in [3.05, 3.63) is 34.6 Å². The van der Waals surface area contributed by atoms with Gasteiger partial charge in [-0.2, -0.15) is 0 Å². The summed E-state index contributed by atoms with van der Waals surface area (Å²) in [5.74, 6) is -1.00. The maximum atomic E-state index is 13.3. The van der Waals surface area contributed by atoms with Crippen LogP contribution in [-0.4, -0.2) is 25.5 Å². The number of carbonyl (C=O) groups is 1. The minimum absolute atomic E-state index is 0.0204. The first kappa shape index (κ1) is 13.9. The van der Waals surface area contributed by atoms with E-state index in [4.69, 9.17) is 11.6 Å². The maximum absolute atomic E-state index is 13.3. The topological polar surface area (TPSA) is 41.1 Å². The summed E-state index contributed by atoms with van der Waals surface area (Å²) in [7, 11) is 0. The number of rotatable bonds is 6. The molecule has 2 N–H and O–H groups in total. The van der Waals surface area contributed by atoms with Crippen LogP contribution in [-0.2, 0) is 0 Å². The van der Waals surface area contributed by atoms with Gasteiger partial charge in [-0.3, -0.25) is 4.79 Å². The molecular weight excluding hydrogens is 243 g/mol. The van der Waals surface area contributed by atoms with Gasteiger partial charge in [0.15, 0.2) is 0 Å². The molecule has 0 saturated heterocycles. The summed E-state index contributed by atoms with van der Waals surface area (Å²) in [5, 5.41) is 6.11. The van der Waals surface area contributed by atoms with Gasteiger partial charge >= 0.3 is 0 Å². The molecule has 5 heteroatoms. The Bertz CT molecular complexity index is 385. The number of benzene rings is 1. The van der Waals surface area contributed by atoms with Crippen molar-refractivity contribution in [2.24, 2.45) is 0 Å². The molecule has 0 radical (unpaired) electrons. The van der Waals surface area contributed by atoms with Gasteiger partial charge in [-0.05, 0) is 31.2 Å². The Morgan fingerprint density at radius 2 is 2.12 bits per heavy atom. The lowest BCUT2D eigenvalue weighted by Gasteiger charge is -2.07. The molecule has 0 aliphatic carbocycles. The van der Waals surface area contributed by atoms with Crippen LogP contribution in [0.3, 0.4) is 0 Å². The van der Waals surface area contributed by atoms with Crippen molar-refractivity contribution in [3.8, 4) is 0 Å². The molecular formula is C12H16ClFN2O. The molecule has 0 spiro atoms. The van der Waals surface area contributed by atoms with E-state index in [1.807, 2.05) is 0 Å². The zero-order chi connectivity index (χ0) is 12.7. The molecule has 3 nitrogen and oxygen atoms in total. The Morgan fingerprint density at radius 3 is 2.82 bits per heavy atom. The smallest absolute Gasteiger partial charge is 0.254 e. The molecule has 1 rings (SSSR count). The van der Waals surface area contributed by atoms with Crippen LogP contribution >= 0.6 is 11.6 Å². The molecule has 1 aromatic rings. The van der Waals surface area contributed by atoms with Crippen LogP contribution in [0, 0.1) is 5.82 Å². The first-order valence-corrected chi connectivity index (χ1v) is 5.97. The largest absolute Gasteiger partial charge is 0.351 e. The number of carbonyl (C=O) groups excluding carboxylic acids is 1. The Kier molecular flexibility index (Phi) is 5.94. The Hall–Kier alpha value is -1.13. The van der Waals surface area contributed by atoms with E-state index in [0.717, 1.165) is 13.0 Å². The highest BCUT2D eigenvalue weighted by Gasteiger charge is 2.11. The predicted octanol–water partition coefficient (Wildman–Crippen LogP) is 2.21. The SMILES string of the molecule is CCCNCCNC(=O)c1cc(Cl)ccc1F. The second kappa shape index (κ2) is 7.25. The van der Waals surface area contributed by atoms with E-state index < -0.39 is 11.7 Å². The van der Waals surface area contributed by atoms with Crippen molar-refractivity contribution in [2.45, 2.75) is 13.3 Å². The van der Waals surface area contributed by atoms with E-state index in [0.29, 0.717) is 18.1 Å². The molecule has 94 valence electrons. The summed E-state index contributed by atoms with van der Waals surface area (Å²) >= 11 is 5.70. The van der Waals surface area contributed by atoms with Crippen molar-refractivity contribution in [1.29, 1.82) is 0 Å². The van der Waals surface area contributed by atoms with Crippen LogP contribution < -0.4 is 10.6 Å². The monoisotopic (exact) mass is 258 g/mol. The lowest BCUT2D eigenvalue weighted by molar-refractivity contribution is 0.0950. The van der Waals surface area contributed by atoms with Crippen molar-refractivity contribution < 1.29 is 9.18 Å². The first-order chi connectivity index (χ1) is 8.15. The highest BCUT2D eigenvalue weighted by atomic mass is 35.5. The average Bonchev–Trinajstić information content (AvgIpc) is 2.32. The van der Waals surface area contributed by atoms with Crippen LogP contribution in [0.2, 0.25) is 5.02 Å².